The number of likely N-dealkylation sites (tertiary alicyclic amines) is 1. The predicted octanol–water partition coefficient (Wildman–Crippen LogP) is 1.54. The van der Waals surface area contributed by atoms with E-state index in [9.17, 15) is 9.18 Å². The van der Waals surface area contributed by atoms with E-state index >= 15 is 0 Å². The van der Waals surface area contributed by atoms with Crippen molar-refractivity contribution in [1.82, 2.24) is 4.90 Å². The zero-order valence-electron chi connectivity index (χ0n) is 11.1. The maximum Gasteiger partial charge on any atom is 0.254 e. The number of carbonyl (C=O) groups is 1. The number of benzene rings is 1. The van der Waals surface area contributed by atoms with Gasteiger partial charge in [-0.15, -0.1) is 0 Å². The van der Waals surface area contributed by atoms with Crippen LogP contribution in [-0.2, 0) is 11.3 Å². The van der Waals surface area contributed by atoms with Gasteiger partial charge in [-0.2, -0.15) is 0 Å². The summed E-state index contributed by atoms with van der Waals surface area (Å²) >= 11 is 0. The van der Waals surface area contributed by atoms with Crippen LogP contribution in [-0.4, -0.2) is 37.0 Å². The van der Waals surface area contributed by atoms with Crippen LogP contribution < -0.4 is 5.73 Å². The van der Waals surface area contributed by atoms with Gasteiger partial charge in [0, 0.05) is 37.4 Å². The number of rotatable bonds is 4. The van der Waals surface area contributed by atoms with Gasteiger partial charge in [-0.3, -0.25) is 4.79 Å². The van der Waals surface area contributed by atoms with Gasteiger partial charge in [-0.1, -0.05) is 0 Å². The predicted molar refractivity (Wildman–Crippen MR) is 70.2 cm³/mol. The molecular formula is C14H19FN2O2. The van der Waals surface area contributed by atoms with Gasteiger partial charge in [0.2, 0.25) is 0 Å². The Hall–Kier alpha value is -1.46. The number of halogens is 1. The summed E-state index contributed by atoms with van der Waals surface area (Å²) in [5.74, 6) is -0.430. The molecule has 0 spiro atoms. The number of methoxy groups -OCH3 is 1. The number of ether oxygens (including phenoxy) is 1. The summed E-state index contributed by atoms with van der Waals surface area (Å²) in [7, 11) is 1.50. The molecule has 1 amide bonds. The summed E-state index contributed by atoms with van der Waals surface area (Å²) in [6, 6.07) is 4.49. The molecule has 1 aromatic rings. The Labute approximate surface area is 112 Å². The van der Waals surface area contributed by atoms with E-state index in [0.717, 1.165) is 19.4 Å². The van der Waals surface area contributed by atoms with Crippen molar-refractivity contribution in [3.63, 3.8) is 0 Å². The summed E-state index contributed by atoms with van der Waals surface area (Å²) in [4.78, 5) is 14.2. The monoisotopic (exact) mass is 266 g/mol. The van der Waals surface area contributed by atoms with Gasteiger partial charge < -0.3 is 15.4 Å². The SMILES string of the molecule is COCc1cc(C(=O)N2CCCC2CN)ccc1F. The highest BCUT2D eigenvalue weighted by Crippen LogP contribution is 2.20. The van der Waals surface area contributed by atoms with E-state index < -0.39 is 0 Å². The molecule has 0 bridgehead atoms. The molecule has 4 nitrogen and oxygen atoms in total. The molecule has 1 heterocycles. The summed E-state index contributed by atoms with van der Waals surface area (Å²) in [6.45, 7) is 1.35. The fourth-order valence-corrected chi connectivity index (χ4v) is 2.49. The first-order valence-corrected chi connectivity index (χ1v) is 6.45. The largest absolute Gasteiger partial charge is 0.380 e. The average molecular weight is 266 g/mol. The van der Waals surface area contributed by atoms with Crippen LogP contribution in [0.2, 0.25) is 0 Å². The van der Waals surface area contributed by atoms with Gasteiger partial charge in [-0.05, 0) is 31.0 Å². The zero-order valence-corrected chi connectivity index (χ0v) is 11.1. The fourth-order valence-electron chi connectivity index (χ4n) is 2.49. The van der Waals surface area contributed by atoms with E-state index in [4.69, 9.17) is 10.5 Å². The lowest BCUT2D eigenvalue weighted by atomic mass is 10.1. The van der Waals surface area contributed by atoms with Gasteiger partial charge in [0.1, 0.15) is 5.82 Å². The molecule has 0 aromatic heterocycles. The Morgan fingerprint density at radius 3 is 3.05 bits per heavy atom. The van der Waals surface area contributed by atoms with Crippen molar-refractivity contribution in [2.24, 2.45) is 5.73 Å². The maximum absolute atomic E-state index is 13.5. The molecule has 1 fully saturated rings. The second-order valence-corrected chi connectivity index (χ2v) is 4.77. The third-order valence-corrected chi connectivity index (χ3v) is 3.50. The second kappa shape index (κ2) is 6.12. The molecule has 0 radical (unpaired) electrons. The van der Waals surface area contributed by atoms with Crippen molar-refractivity contribution in [2.75, 3.05) is 20.2 Å². The van der Waals surface area contributed by atoms with Crippen molar-refractivity contribution in [3.8, 4) is 0 Å². The minimum atomic E-state index is -0.352. The van der Waals surface area contributed by atoms with Crippen molar-refractivity contribution in [1.29, 1.82) is 0 Å². The minimum Gasteiger partial charge on any atom is -0.380 e. The molecule has 0 aliphatic carbocycles. The quantitative estimate of drug-likeness (QED) is 0.899. The molecule has 104 valence electrons. The Bertz CT molecular complexity index is 465. The minimum absolute atomic E-state index is 0.0784. The van der Waals surface area contributed by atoms with Crippen LogP contribution in [0.15, 0.2) is 18.2 Å². The Kier molecular flexibility index (Phi) is 4.50. The molecule has 19 heavy (non-hydrogen) atoms. The van der Waals surface area contributed by atoms with Crippen LogP contribution >= 0.6 is 0 Å². The molecule has 1 atom stereocenters. The molecule has 0 saturated carbocycles. The van der Waals surface area contributed by atoms with Crippen LogP contribution in [0.5, 0.6) is 0 Å². The van der Waals surface area contributed by atoms with Crippen LogP contribution in [0.25, 0.3) is 0 Å². The van der Waals surface area contributed by atoms with E-state index in [-0.39, 0.29) is 24.4 Å². The van der Waals surface area contributed by atoms with E-state index in [1.165, 1.54) is 19.2 Å². The van der Waals surface area contributed by atoms with Gasteiger partial charge in [0.15, 0.2) is 0 Å². The van der Waals surface area contributed by atoms with Crippen molar-refractivity contribution in [2.45, 2.75) is 25.5 Å². The summed E-state index contributed by atoms with van der Waals surface area (Å²) in [5.41, 5.74) is 6.56. The summed E-state index contributed by atoms with van der Waals surface area (Å²) < 4.78 is 18.4. The van der Waals surface area contributed by atoms with Crippen molar-refractivity contribution >= 4 is 5.91 Å². The van der Waals surface area contributed by atoms with Crippen LogP contribution in [0.4, 0.5) is 4.39 Å². The lowest BCUT2D eigenvalue weighted by Gasteiger charge is -2.23. The van der Waals surface area contributed by atoms with E-state index in [0.29, 0.717) is 17.7 Å². The van der Waals surface area contributed by atoms with Gasteiger partial charge >= 0.3 is 0 Å². The van der Waals surface area contributed by atoms with E-state index in [1.54, 1.807) is 11.0 Å². The average Bonchev–Trinajstić information content (AvgIpc) is 2.89. The van der Waals surface area contributed by atoms with Crippen LogP contribution in [0.3, 0.4) is 0 Å². The van der Waals surface area contributed by atoms with E-state index in [2.05, 4.69) is 0 Å². The normalized spacial score (nSPS) is 18.9. The third kappa shape index (κ3) is 2.93. The second-order valence-electron chi connectivity index (χ2n) is 4.77. The maximum atomic E-state index is 13.5. The van der Waals surface area contributed by atoms with Gasteiger partial charge in [0.05, 0.1) is 6.61 Å². The van der Waals surface area contributed by atoms with Crippen LogP contribution in [0, 0.1) is 5.82 Å². The topological polar surface area (TPSA) is 55.6 Å². The molecule has 2 rings (SSSR count). The number of nitrogens with two attached hydrogens (primary N) is 1. The highest BCUT2D eigenvalue weighted by Gasteiger charge is 2.28. The Morgan fingerprint density at radius 1 is 1.58 bits per heavy atom. The highest BCUT2D eigenvalue weighted by molar-refractivity contribution is 5.94. The first kappa shape index (κ1) is 14.0. The Balaban J connectivity index is 2.21. The van der Waals surface area contributed by atoms with Crippen molar-refractivity contribution in [3.05, 3.63) is 35.1 Å². The molecule has 1 aliphatic rings. The summed E-state index contributed by atoms with van der Waals surface area (Å²) in [6.07, 6.45) is 1.91. The fraction of sp³-hybridized carbons (Fsp3) is 0.500. The lowest BCUT2D eigenvalue weighted by Crippen LogP contribution is -2.39. The molecule has 1 aromatic carbocycles. The number of nitrogens with zero attached hydrogens (tertiary/aromatic N) is 1. The first-order chi connectivity index (χ1) is 9.17. The third-order valence-electron chi connectivity index (χ3n) is 3.50. The molecule has 1 unspecified atom stereocenters. The standard InChI is InChI=1S/C14H19FN2O2/c1-19-9-11-7-10(4-5-13(11)15)14(18)17-6-2-3-12(17)8-16/h4-5,7,12H,2-3,6,8-9,16H2,1H3. The number of hydrogen-bond acceptors (Lipinski definition) is 3. The lowest BCUT2D eigenvalue weighted by molar-refractivity contribution is 0.0740. The number of amides is 1. The van der Waals surface area contributed by atoms with Crippen LogP contribution in [0.1, 0.15) is 28.8 Å². The number of carbonyl (C=O) groups excluding carboxylic acids is 1. The number of hydrogen-bond donors (Lipinski definition) is 1. The zero-order chi connectivity index (χ0) is 13.8. The van der Waals surface area contributed by atoms with Gasteiger partial charge in [0.25, 0.3) is 5.91 Å². The van der Waals surface area contributed by atoms with Gasteiger partial charge in [-0.25, -0.2) is 4.39 Å². The van der Waals surface area contributed by atoms with E-state index in [1.807, 2.05) is 0 Å². The molecule has 5 heteroatoms. The molecular weight excluding hydrogens is 247 g/mol. The smallest absolute Gasteiger partial charge is 0.254 e. The highest BCUT2D eigenvalue weighted by atomic mass is 19.1. The van der Waals surface area contributed by atoms with Crippen molar-refractivity contribution < 1.29 is 13.9 Å². The molecule has 1 saturated heterocycles. The Morgan fingerprint density at radius 2 is 2.37 bits per heavy atom. The summed E-state index contributed by atoms with van der Waals surface area (Å²) in [5, 5.41) is 0. The molecule has 2 N–H and O–H groups in total. The first-order valence-electron chi connectivity index (χ1n) is 6.45. The molecule has 1 aliphatic heterocycles.